The van der Waals surface area contributed by atoms with Gasteiger partial charge in [0.05, 0.1) is 97.0 Å². The maximum Gasteiger partial charge on any atom is 0.411 e. The molecule has 8 amide bonds. The molecule has 129 heavy (non-hydrogen) atoms. The van der Waals surface area contributed by atoms with Crippen molar-refractivity contribution in [3.8, 4) is 40.9 Å². The molecule has 3 aromatic rings. The molecule has 0 aromatic heterocycles. The number of aliphatic hydroxyl groups excluding tert-OH is 4. The lowest BCUT2D eigenvalue weighted by atomic mass is 9.75. The summed E-state index contributed by atoms with van der Waals surface area (Å²) in [4.78, 5) is 131. The van der Waals surface area contributed by atoms with Crippen LogP contribution in [0.3, 0.4) is 0 Å². The van der Waals surface area contributed by atoms with Crippen molar-refractivity contribution in [3.63, 3.8) is 0 Å². The molecule has 22 atom stereocenters. The van der Waals surface area contributed by atoms with Crippen molar-refractivity contribution in [1.82, 2.24) is 37.0 Å². The van der Waals surface area contributed by atoms with Gasteiger partial charge in [-0.25, -0.2) is 14.4 Å². The fraction of sp³-hybridized carbons (Fsp3) is 0.575. The van der Waals surface area contributed by atoms with Crippen molar-refractivity contribution in [1.29, 1.82) is 0 Å². The Balaban J connectivity index is 0.925. The van der Waals surface area contributed by atoms with Crippen LogP contribution in [0, 0.1) is 40.1 Å². The number of hydrogen-bond acceptors (Lipinski definition) is 33. The minimum Gasteiger partial charge on any atom is -0.492 e. The lowest BCUT2D eigenvalue weighted by molar-refractivity contribution is -0.337. The number of nitrogens with zero attached hydrogens (tertiary/aromatic N) is 1. The Kier molecular flexibility index (Phi) is 40.3. The number of ketones is 1. The third-order valence-electron chi connectivity index (χ3n) is 22.1. The number of rotatable bonds is 40. The molecular formula is C87H117IN10O28S3. The van der Waals surface area contributed by atoms with Crippen LogP contribution in [0.1, 0.15) is 121 Å². The van der Waals surface area contributed by atoms with Crippen molar-refractivity contribution < 1.29 is 135 Å². The number of thioether (sulfide) groups is 1. The monoisotopic (exact) mass is 1970 g/mol. The van der Waals surface area contributed by atoms with Gasteiger partial charge < -0.3 is 130 Å². The van der Waals surface area contributed by atoms with E-state index in [1.54, 1.807) is 78.8 Å². The number of alkyl carbamates (subject to hydrolysis) is 1. The molecule has 0 spiro atoms. The summed E-state index contributed by atoms with van der Waals surface area (Å²) in [6, 6.07) is 9.67. The van der Waals surface area contributed by atoms with Gasteiger partial charge in [-0.3, -0.25) is 38.9 Å². The number of amides is 8. The molecule has 4 heterocycles. The highest BCUT2D eigenvalue weighted by Gasteiger charge is 2.53. The number of hydrogen-bond donors (Lipinski definition) is 14. The van der Waals surface area contributed by atoms with Crippen LogP contribution in [0.2, 0.25) is 0 Å². The number of hydroxylamine groups is 1. The second kappa shape index (κ2) is 49.9. The number of allylic oxidation sites excluding steroid dienone is 3. The van der Waals surface area contributed by atoms with E-state index in [4.69, 9.17) is 77.9 Å². The molecule has 9 rings (SSSR count). The van der Waals surface area contributed by atoms with Gasteiger partial charge in [0.2, 0.25) is 40.8 Å². The molecule has 16 N–H and O–H groups in total. The molecule has 2 aliphatic carbocycles. The van der Waals surface area contributed by atoms with E-state index >= 15 is 0 Å². The zero-order chi connectivity index (χ0) is 94.1. The third-order valence-corrected chi connectivity index (χ3v) is 27.0. The topological polar surface area (TPSA) is 523 Å². The zero-order valence-electron chi connectivity index (χ0n) is 73.9. The first kappa shape index (κ1) is 104. The van der Waals surface area contributed by atoms with Crippen LogP contribution in [0.5, 0.6) is 17.2 Å². The number of unbranched alkanes of at least 4 members (excludes halogenated alkanes) is 1. The fourth-order valence-electron chi connectivity index (χ4n) is 15.3. The maximum absolute atomic E-state index is 14.7. The highest BCUT2D eigenvalue weighted by molar-refractivity contribution is 14.1. The lowest BCUT2D eigenvalue weighted by Gasteiger charge is -2.47. The Labute approximate surface area is 774 Å². The molecular weight excluding hydrogens is 1860 g/mol. The van der Waals surface area contributed by atoms with Gasteiger partial charge in [0, 0.05) is 74.6 Å². The van der Waals surface area contributed by atoms with Gasteiger partial charge in [0.25, 0.3) is 0 Å². The van der Waals surface area contributed by atoms with Gasteiger partial charge in [-0.05, 0) is 149 Å². The molecule has 0 saturated carbocycles. The summed E-state index contributed by atoms with van der Waals surface area (Å²) in [7, 11) is 9.36. The number of methoxy groups -OCH3 is 5. The molecule has 6 aliphatic rings. The van der Waals surface area contributed by atoms with E-state index in [1.807, 2.05) is 52.9 Å². The Morgan fingerprint density at radius 3 is 2.12 bits per heavy atom. The molecule has 38 nitrogen and oxygen atoms in total. The van der Waals surface area contributed by atoms with Crippen molar-refractivity contribution in [2.24, 2.45) is 17.4 Å². The number of halogens is 1. The SMILES string of the molecule is CCN(C(=O)OCc1ccc(NC(=O)[C@H](CCCNC(N)=O)NC(=O)[C@@H](NC(=O)[C@H](CCCCN)NC(C)=O)C(C)C)cc1)[C@H]1CO[C@@H](O[C@H]2[C@H](O[C@H]3C#CC=CC#C[C@]4(O)CC(=O)C(NC(=O)OC)=C3/C4=C\CSSc3ccccc3)O[C@H](C)[C@@H](NO[C@H]3C[C@H](O)[C@H](SC(=O)c4c(C)c(I)c(O[C@@H]5O[C@@H](C)[C@H](O)[C@@H](OC)[C@H]5O)c(OC)c4OC)[C@@H](C)O3)[C@@H]2O)C[C@@H]1OC. The predicted molar refractivity (Wildman–Crippen MR) is 481 cm³/mol. The van der Waals surface area contributed by atoms with Crippen LogP contribution in [-0.4, -0.2) is 284 Å². The van der Waals surface area contributed by atoms with Crippen molar-refractivity contribution in [2.75, 3.05) is 72.9 Å². The van der Waals surface area contributed by atoms with Crippen LogP contribution >= 0.6 is 55.9 Å². The average Bonchev–Trinajstić information content (AvgIpc) is 0.748. The summed E-state index contributed by atoms with van der Waals surface area (Å²) < 4.78 is 79.7. The first-order valence-corrected chi connectivity index (χ1v) is 46.3. The summed E-state index contributed by atoms with van der Waals surface area (Å²) in [6.45, 7) is 12.9. The van der Waals surface area contributed by atoms with Crippen molar-refractivity contribution in [3.05, 3.63) is 110 Å². The number of benzene rings is 3. The van der Waals surface area contributed by atoms with Gasteiger partial charge in [-0.2, -0.15) is 5.48 Å². The normalized spacial score (nSPS) is 27.7. The van der Waals surface area contributed by atoms with E-state index < -0.39 is 198 Å². The van der Waals surface area contributed by atoms with Crippen molar-refractivity contribution in [2.45, 2.75) is 252 Å². The lowest BCUT2D eigenvalue weighted by Crippen LogP contribution is -2.65. The Morgan fingerprint density at radius 2 is 1.47 bits per heavy atom. The van der Waals surface area contributed by atoms with E-state index in [0.717, 1.165) is 23.8 Å². The second-order valence-corrected chi connectivity index (χ2v) is 36.1. The van der Waals surface area contributed by atoms with E-state index in [0.29, 0.717) is 39.8 Å². The zero-order valence-corrected chi connectivity index (χ0v) is 78.5. The molecule has 4 aliphatic heterocycles. The average molecular weight is 1970 g/mol. The Morgan fingerprint density at radius 1 is 0.767 bits per heavy atom. The largest absolute Gasteiger partial charge is 0.492 e. The Bertz CT molecular complexity index is 4600. The van der Waals surface area contributed by atoms with Gasteiger partial charge in [0.15, 0.2) is 41.8 Å². The van der Waals surface area contributed by atoms with Crippen LogP contribution in [0.4, 0.5) is 20.1 Å². The highest BCUT2D eigenvalue weighted by atomic mass is 127. The number of primary amides is 1. The van der Waals surface area contributed by atoms with Crippen LogP contribution in [0.25, 0.3) is 0 Å². The van der Waals surface area contributed by atoms with E-state index in [2.05, 4.69) is 61.1 Å². The number of urea groups is 1. The Hall–Kier alpha value is -8.43. The third kappa shape index (κ3) is 27.6. The number of fused-ring (bicyclic) bond motifs is 2. The second-order valence-electron chi connectivity index (χ2n) is 31.4. The molecule has 42 heteroatoms. The molecule has 2 bridgehead atoms. The molecule has 4 fully saturated rings. The maximum atomic E-state index is 14.7. The van der Waals surface area contributed by atoms with Crippen LogP contribution < -0.4 is 63.1 Å². The van der Waals surface area contributed by atoms with Crippen LogP contribution in [-0.2, 0) is 82.8 Å². The van der Waals surface area contributed by atoms with E-state index in [9.17, 15) is 68.7 Å². The molecule has 0 unspecified atom stereocenters. The number of anilines is 1. The van der Waals surface area contributed by atoms with Crippen LogP contribution in [0.15, 0.2) is 94.6 Å². The first-order chi connectivity index (χ1) is 61.6. The number of Topliss-reactive ketones (excluding diaryl/α,β-unsaturated/α-hetero) is 1. The number of nitrogens with one attached hydrogen (secondary N) is 7. The predicted octanol–water partition coefficient (Wildman–Crippen LogP) is 4.67. The summed E-state index contributed by atoms with van der Waals surface area (Å²) in [6.07, 6.45) is -16.0. The fourth-order valence-corrected chi connectivity index (χ4v) is 18.9. The minimum absolute atomic E-state index is 0.0107. The number of aliphatic hydroxyl groups is 5. The van der Waals surface area contributed by atoms with Gasteiger partial charge in [-0.1, -0.05) is 107 Å². The number of ether oxygens (including phenoxy) is 13. The van der Waals surface area contributed by atoms with Crippen molar-refractivity contribution >= 4 is 114 Å². The summed E-state index contributed by atoms with van der Waals surface area (Å²) in [5.41, 5.74) is 12.5. The molecule has 4 saturated heterocycles. The van der Waals surface area contributed by atoms with Gasteiger partial charge in [-0.15, -0.1) is 0 Å². The quantitative estimate of drug-likeness (QED) is 0.0121. The summed E-state index contributed by atoms with van der Waals surface area (Å²) in [5.74, 6) is 8.16. The number of carbonyl (C=O) groups excluding carboxylic acids is 9. The smallest absolute Gasteiger partial charge is 0.411 e. The minimum atomic E-state index is -2.20. The molecule has 708 valence electrons. The number of nitrogens with two attached hydrogens (primary N) is 2. The van der Waals surface area contributed by atoms with E-state index in [1.165, 1.54) is 74.0 Å². The summed E-state index contributed by atoms with van der Waals surface area (Å²) in [5, 5.41) is 73.9. The van der Waals surface area contributed by atoms with Gasteiger partial charge >= 0.3 is 18.2 Å². The molecule has 3 aromatic carbocycles. The van der Waals surface area contributed by atoms with Gasteiger partial charge in [0.1, 0.15) is 61.4 Å². The standard InChI is InChI=1S/C87H117IN10O28S3/c1-14-98(86(111)119-42-50-30-32-51(33-31-50)93-78(105)55(28-24-37-91-84(90)109)94-80(107)66(44(2)3)95-79(106)54(92-49(8)99)27-21-23-36-89)56-43-118-61(40-60(56)113-9)124-75-70(103)67(46(5)121-83(75)123-59-29-20-15-16-22-35-87(112)41-58(101)68(96-85(110)117-13)64(59)53(87)34-38-127-129-52-25-18-17-19-26-52)97-126-62-39-57(100)77(48(7)120-62)128-81(108)63-45(4)65(88)73(76(116-12)72(63)114-10)125-82-71(104)74(115-11)69(102)47(6)122-82/h15-19,25-26,30-34,44,46-48,54-57,59-62,66-67,69-71,74-75,77,82-83,97,100,102-104,112H,14,21,23-24,27-28,36-43,89H2,1-13H3,(H,92,99)(H,93,105)(H,94,107)(H,95,106)(H,96,110)(H3,90,91,109)/b16-15?,53-34+/t46-,47+,48-,54+,55+,56+,57+,59+,60+,61+,62+,66+,67-,69+,70+,71-,74-,75-,77-,82+,83+,87+/m1/s1. The number of carbonyl (C=O) groups is 9. The summed E-state index contributed by atoms with van der Waals surface area (Å²) >= 11 is 2.75. The molecule has 0 radical (unpaired) electrons. The highest BCUT2D eigenvalue weighted by Crippen LogP contribution is 2.50. The van der Waals surface area contributed by atoms with E-state index in [-0.39, 0.29) is 104 Å². The first-order valence-electron chi connectivity index (χ1n) is 42.1. The number of likely N-dealkylation sites (N-methyl/N-ethyl adjacent to an activating group) is 1.